The fourth-order valence-corrected chi connectivity index (χ4v) is 2.66. The molecule has 0 unspecified atom stereocenters. The minimum Gasteiger partial charge on any atom is -0.370 e. The molecular weight excluding hydrogens is 256 g/mol. The first kappa shape index (κ1) is 13.2. The summed E-state index contributed by atoms with van der Waals surface area (Å²) in [4.78, 5) is 2.22. The van der Waals surface area contributed by atoms with E-state index < -0.39 is 0 Å². The van der Waals surface area contributed by atoms with Gasteiger partial charge in [-0.2, -0.15) is 5.26 Å². The van der Waals surface area contributed by atoms with Gasteiger partial charge in [0, 0.05) is 30.1 Å². The fourth-order valence-electron chi connectivity index (χ4n) is 2.66. The molecule has 21 heavy (non-hydrogen) atoms. The summed E-state index contributed by atoms with van der Waals surface area (Å²) in [5.74, 6) is 0. The van der Waals surface area contributed by atoms with Gasteiger partial charge in [0.2, 0.25) is 0 Å². The molecule has 0 spiro atoms. The molecule has 0 aliphatic rings. The van der Waals surface area contributed by atoms with Gasteiger partial charge in [-0.25, -0.2) is 0 Å². The maximum Gasteiger partial charge on any atom is 0.0998 e. The highest BCUT2D eigenvalue weighted by molar-refractivity contribution is 5.97. The topological polar surface area (TPSA) is 27.0 Å². The van der Waals surface area contributed by atoms with Crippen LogP contribution >= 0.6 is 0 Å². The molecule has 0 bridgehead atoms. The van der Waals surface area contributed by atoms with Crippen LogP contribution in [0.5, 0.6) is 0 Å². The zero-order valence-electron chi connectivity index (χ0n) is 12.0. The van der Waals surface area contributed by atoms with Gasteiger partial charge >= 0.3 is 0 Å². The highest BCUT2D eigenvalue weighted by Gasteiger charge is 2.09. The van der Waals surface area contributed by atoms with Crippen LogP contribution in [0.3, 0.4) is 0 Å². The van der Waals surface area contributed by atoms with Gasteiger partial charge < -0.3 is 4.90 Å². The lowest BCUT2D eigenvalue weighted by Gasteiger charge is -2.21. The van der Waals surface area contributed by atoms with E-state index in [1.54, 1.807) is 0 Å². The number of hydrogen-bond acceptors (Lipinski definition) is 2. The molecule has 0 aliphatic heterocycles. The van der Waals surface area contributed by atoms with Crippen molar-refractivity contribution in [2.45, 2.75) is 6.54 Å². The van der Waals surface area contributed by atoms with Gasteiger partial charge in [-0.05, 0) is 17.7 Å². The lowest BCUT2D eigenvalue weighted by molar-refractivity contribution is 0.928. The third-order valence-electron chi connectivity index (χ3n) is 3.70. The Kier molecular flexibility index (Phi) is 3.57. The predicted octanol–water partition coefficient (Wildman–Crippen LogP) is 4.35. The van der Waals surface area contributed by atoms with E-state index in [0.29, 0.717) is 0 Å². The molecule has 0 aromatic heterocycles. The standard InChI is InChI=1S/C19H16N2/c1-21(14-15-7-3-2-4-8-15)19-12-11-16(13-20)17-9-5-6-10-18(17)19/h2-12H,14H2,1H3. The van der Waals surface area contributed by atoms with Gasteiger partial charge in [0.1, 0.15) is 0 Å². The van der Waals surface area contributed by atoms with E-state index in [1.165, 1.54) is 5.56 Å². The second-order valence-corrected chi connectivity index (χ2v) is 5.13. The number of anilines is 1. The molecule has 3 rings (SSSR count). The zero-order chi connectivity index (χ0) is 14.7. The minimum atomic E-state index is 0.725. The van der Waals surface area contributed by atoms with Gasteiger partial charge in [0.05, 0.1) is 11.6 Å². The lowest BCUT2D eigenvalue weighted by Crippen LogP contribution is -2.16. The van der Waals surface area contributed by atoms with Crippen LogP contribution < -0.4 is 4.90 Å². The number of nitriles is 1. The average molecular weight is 272 g/mol. The molecule has 0 radical (unpaired) electrons. The summed E-state index contributed by atoms with van der Waals surface area (Å²) in [6.07, 6.45) is 0. The summed E-state index contributed by atoms with van der Waals surface area (Å²) in [7, 11) is 2.08. The van der Waals surface area contributed by atoms with Crippen molar-refractivity contribution in [3.63, 3.8) is 0 Å². The molecule has 0 N–H and O–H groups in total. The fraction of sp³-hybridized carbons (Fsp3) is 0.105. The molecule has 0 atom stereocenters. The summed E-state index contributed by atoms with van der Waals surface area (Å²) in [6, 6.07) is 24.7. The molecular formula is C19H16N2. The van der Waals surface area contributed by atoms with Crippen LogP contribution in [0.1, 0.15) is 11.1 Å². The molecule has 0 amide bonds. The van der Waals surface area contributed by atoms with Gasteiger partial charge in [-0.15, -0.1) is 0 Å². The normalized spacial score (nSPS) is 10.3. The number of benzene rings is 3. The molecule has 2 nitrogen and oxygen atoms in total. The maximum absolute atomic E-state index is 9.24. The van der Waals surface area contributed by atoms with Gasteiger partial charge in [0.15, 0.2) is 0 Å². The summed E-state index contributed by atoms with van der Waals surface area (Å²) in [6.45, 7) is 0.844. The molecule has 2 heteroatoms. The SMILES string of the molecule is CN(Cc1ccccc1)c1ccc(C#N)c2ccccc12. The molecule has 0 aliphatic carbocycles. The Morgan fingerprint density at radius 2 is 1.52 bits per heavy atom. The van der Waals surface area contributed by atoms with E-state index in [0.717, 1.165) is 28.6 Å². The highest BCUT2D eigenvalue weighted by Crippen LogP contribution is 2.29. The molecule has 3 aromatic carbocycles. The first-order valence-electron chi connectivity index (χ1n) is 6.96. The molecule has 3 aromatic rings. The quantitative estimate of drug-likeness (QED) is 0.709. The zero-order valence-corrected chi connectivity index (χ0v) is 12.0. The van der Waals surface area contributed by atoms with Gasteiger partial charge in [-0.3, -0.25) is 0 Å². The Hall–Kier alpha value is -2.79. The van der Waals surface area contributed by atoms with Crippen LogP contribution in [-0.2, 0) is 6.54 Å². The Balaban J connectivity index is 2.03. The minimum absolute atomic E-state index is 0.725. The van der Waals surface area contributed by atoms with Gasteiger partial charge in [-0.1, -0.05) is 54.6 Å². The van der Waals surface area contributed by atoms with Crippen molar-refractivity contribution in [2.24, 2.45) is 0 Å². The monoisotopic (exact) mass is 272 g/mol. The van der Waals surface area contributed by atoms with Crippen LogP contribution in [0.25, 0.3) is 10.8 Å². The molecule has 0 saturated heterocycles. The van der Waals surface area contributed by atoms with Crippen molar-refractivity contribution in [2.75, 3.05) is 11.9 Å². The highest BCUT2D eigenvalue weighted by atomic mass is 15.1. The van der Waals surface area contributed by atoms with Crippen molar-refractivity contribution in [1.29, 1.82) is 5.26 Å². The molecule has 0 heterocycles. The predicted molar refractivity (Wildman–Crippen MR) is 87.2 cm³/mol. The Labute approximate surface area is 124 Å². The smallest absolute Gasteiger partial charge is 0.0998 e. The molecule has 102 valence electrons. The number of rotatable bonds is 3. The van der Waals surface area contributed by atoms with E-state index in [1.807, 2.05) is 36.4 Å². The number of nitrogens with zero attached hydrogens (tertiary/aromatic N) is 2. The molecule has 0 saturated carbocycles. The largest absolute Gasteiger partial charge is 0.370 e. The van der Waals surface area contributed by atoms with E-state index in [2.05, 4.69) is 48.3 Å². The van der Waals surface area contributed by atoms with Crippen molar-refractivity contribution in [3.8, 4) is 6.07 Å². The van der Waals surface area contributed by atoms with E-state index in [9.17, 15) is 5.26 Å². The number of fused-ring (bicyclic) bond motifs is 1. The van der Waals surface area contributed by atoms with Crippen molar-refractivity contribution in [1.82, 2.24) is 0 Å². The summed E-state index contributed by atoms with van der Waals surface area (Å²) in [5.41, 5.74) is 3.14. The van der Waals surface area contributed by atoms with Gasteiger partial charge in [0.25, 0.3) is 0 Å². The lowest BCUT2D eigenvalue weighted by atomic mass is 10.0. The van der Waals surface area contributed by atoms with E-state index >= 15 is 0 Å². The maximum atomic E-state index is 9.24. The Morgan fingerprint density at radius 3 is 2.24 bits per heavy atom. The third kappa shape index (κ3) is 2.59. The van der Waals surface area contributed by atoms with E-state index in [4.69, 9.17) is 0 Å². The first-order valence-corrected chi connectivity index (χ1v) is 6.96. The molecule has 0 fully saturated rings. The van der Waals surface area contributed by atoms with Crippen LogP contribution in [0.15, 0.2) is 66.7 Å². The average Bonchev–Trinajstić information content (AvgIpc) is 2.54. The van der Waals surface area contributed by atoms with Crippen molar-refractivity contribution < 1.29 is 0 Å². The third-order valence-corrected chi connectivity index (χ3v) is 3.70. The number of hydrogen-bond donors (Lipinski definition) is 0. The summed E-state index contributed by atoms with van der Waals surface area (Å²) >= 11 is 0. The van der Waals surface area contributed by atoms with Crippen LogP contribution in [0.2, 0.25) is 0 Å². The summed E-state index contributed by atoms with van der Waals surface area (Å²) in [5, 5.41) is 11.4. The van der Waals surface area contributed by atoms with Crippen molar-refractivity contribution in [3.05, 3.63) is 77.9 Å². The Morgan fingerprint density at radius 1 is 0.857 bits per heavy atom. The van der Waals surface area contributed by atoms with E-state index in [-0.39, 0.29) is 0 Å². The van der Waals surface area contributed by atoms with Crippen LogP contribution in [0.4, 0.5) is 5.69 Å². The van der Waals surface area contributed by atoms with Crippen LogP contribution in [-0.4, -0.2) is 7.05 Å². The second-order valence-electron chi connectivity index (χ2n) is 5.13. The summed E-state index contributed by atoms with van der Waals surface area (Å²) < 4.78 is 0. The Bertz CT molecular complexity index is 801. The first-order chi connectivity index (χ1) is 10.3. The second kappa shape index (κ2) is 5.68. The van der Waals surface area contributed by atoms with Crippen LogP contribution in [0, 0.1) is 11.3 Å². The van der Waals surface area contributed by atoms with Crippen molar-refractivity contribution >= 4 is 16.5 Å².